The van der Waals surface area contributed by atoms with Crippen LogP contribution in [0, 0.1) is 6.92 Å². The number of ether oxygens (including phenoxy) is 1. The van der Waals surface area contributed by atoms with Crippen LogP contribution in [0.3, 0.4) is 0 Å². The number of rotatable bonds is 2. The lowest BCUT2D eigenvalue weighted by molar-refractivity contribution is -0.124. The third-order valence-electron chi connectivity index (χ3n) is 3.08. The number of nitrogens with two attached hydrogens (primary N) is 1. The first-order valence-corrected chi connectivity index (χ1v) is 5.70. The Hall–Kier alpha value is -2.57. The molecule has 7 heteroatoms. The van der Waals surface area contributed by atoms with E-state index >= 15 is 0 Å². The fourth-order valence-electron chi connectivity index (χ4n) is 2.04. The lowest BCUT2D eigenvalue weighted by atomic mass is 10.2. The third kappa shape index (κ3) is 1.79. The molecule has 1 aliphatic rings. The highest BCUT2D eigenvalue weighted by atomic mass is 16.6. The largest absolute Gasteiger partial charge is 0.434 e. The van der Waals surface area contributed by atoms with Gasteiger partial charge in [0.15, 0.2) is 11.7 Å². The zero-order valence-electron chi connectivity index (χ0n) is 10.1. The van der Waals surface area contributed by atoms with Crippen molar-refractivity contribution in [1.29, 1.82) is 0 Å². The molecule has 7 nitrogen and oxygen atoms in total. The predicted molar refractivity (Wildman–Crippen MR) is 65.6 cm³/mol. The van der Waals surface area contributed by atoms with Crippen molar-refractivity contribution in [2.24, 2.45) is 5.73 Å². The molecule has 1 atom stereocenters. The maximum absolute atomic E-state index is 11.7. The van der Waals surface area contributed by atoms with E-state index in [-0.39, 0.29) is 6.54 Å². The van der Waals surface area contributed by atoms with Crippen LogP contribution in [-0.4, -0.2) is 29.8 Å². The number of hydrogen-bond acceptors (Lipinski definition) is 5. The maximum atomic E-state index is 11.7. The summed E-state index contributed by atoms with van der Waals surface area (Å²) >= 11 is 0. The van der Waals surface area contributed by atoms with Gasteiger partial charge in [-0.3, -0.25) is 9.69 Å². The Kier molecular flexibility index (Phi) is 2.41. The van der Waals surface area contributed by atoms with Crippen LogP contribution in [-0.2, 0) is 9.53 Å². The molecule has 2 aromatic rings. The van der Waals surface area contributed by atoms with Crippen molar-refractivity contribution in [2.45, 2.75) is 13.0 Å². The van der Waals surface area contributed by atoms with Gasteiger partial charge in [-0.15, -0.1) is 0 Å². The van der Waals surface area contributed by atoms with Crippen LogP contribution < -0.4 is 10.6 Å². The predicted octanol–water partition coefficient (Wildman–Crippen LogP) is 0.947. The first-order chi connectivity index (χ1) is 9.06. The zero-order chi connectivity index (χ0) is 13.6. The fraction of sp³-hybridized carbons (Fsp3) is 0.250. The van der Waals surface area contributed by atoms with Gasteiger partial charge in [-0.25, -0.2) is 4.79 Å². The Bertz CT molecular complexity index is 679. The first-order valence-electron chi connectivity index (χ1n) is 5.70. The number of nitrogens with zero attached hydrogens (tertiary/aromatic N) is 2. The molecule has 1 aromatic carbocycles. The number of hydrogen-bond donors (Lipinski definition) is 1. The topological polar surface area (TPSA) is 98.7 Å². The Morgan fingerprint density at radius 2 is 2.32 bits per heavy atom. The minimum atomic E-state index is -0.917. The molecule has 3 rings (SSSR count). The number of carbonyl (C=O) groups excluding carboxylic acids is 2. The van der Waals surface area contributed by atoms with E-state index in [1.54, 1.807) is 18.2 Å². The number of anilines is 1. The van der Waals surface area contributed by atoms with Gasteiger partial charge in [0.25, 0.3) is 5.91 Å². The summed E-state index contributed by atoms with van der Waals surface area (Å²) in [6.07, 6.45) is -1.51. The van der Waals surface area contributed by atoms with Gasteiger partial charge in [0.2, 0.25) is 0 Å². The number of aryl methyl sites for hydroxylation is 1. The summed E-state index contributed by atoms with van der Waals surface area (Å²) in [5, 5.41) is 4.72. The lowest BCUT2D eigenvalue weighted by Crippen LogP contribution is -2.32. The van der Waals surface area contributed by atoms with Crippen LogP contribution in [0.5, 0.6) is 0 Å². The quantitative estimate of drug-likeness (QED) is 0.867. The number of primary amides is 1. The number of carbonyl (C=O) groups is 2. The minimum absolute atomic E-state index is 0.104. The fourth-order valence-corrected chi connectivity index (χ4v) is 2.04. The highest BCUT2D eigenvalue weighted by Gasteiger charge is 2.35. The second-order valence-corrected chi connectivity index (χ2v) is 4.33. The SMILES string of the molecule is Cc1noc2cc(N3CC(C(N)=O)OC3=O)ccc12. The first kappa shape index (κ1) is 11.5. The number of benzene rings is 1. The molecule has 0 bridgehead atoms. The number of fused-ring (bicyclic) bond motifs is 1. The molecule has 0 saturated carbocycles. The number of cyclic esters (lactones) is 1. The third-order valence-corrected chi connectivity index (χ3v) is 3.08. The van der Waals surface area contributed by atoms with E-state index in [1.807, 2.05) is 6.92 Å². The summed E-state index contributed by atoms with van der Waals surface area (Å²) in [6.45, 7) is 1.94. The molecule has 2 amide bonds. The molecule has 1 saturated heterocycles. The normalized spacial score (nSPS) is 18.9. The molecule has 98 valence electrons. The number of amides is 2. The molecular formula is C12H11N3O4. The molecule has 0 radical (unpaired) electrons. The van der Waals surface area contributed by atoms with Gasteiger partial charge in [0.05, 0.1) is 17.9 Å². The highest BCUT2D eigenvalue weighted by molar-refractivity contribution is 5.96. The van der Waals surface area contributed by atoms with Gasteiger partial charge in [0, 0.05) is 11.5 Å². The molecule has 0 spiro atoms. The van der Waals surface area contributed by atoms with E-state index in [0.717, 1.165) is 11.1 Å². The Labute approximate surface area is 107 Å². The summed E-state index contributed by atoms with van der Waals surface area (Å²) in [5.74, 6) is -0.660. The van der Waals surface area contributed by atoms with Gasteiger partial charge >= 0.3 is 6.09 Å². The summed E-state index contributed by atoms with van der Waals surface area (Å²) in [7, 11) is 0. The Morgan fingerprint density at radius 1 is 1.53 bits per heavy atom. The minimum Gasteiger partial charge on any atom is -0.434 e. The van der Waals surface area contributed by atoms with Crippen molar-refractivity contribution in [1.82, 2.24) is 5.16 Å². The zero-order valence-corrected chi connectivity index (χ0v) is 10.1. The van der Waals surface area contributed by atoms with Crippen molar-refractivity contribution in [3.63, 3.8) is 0 Å². The van der Waals surface area contributed by atoms with Crippen LogP contribution in [0.4, 0.5) is 10.5 Å². The molecule has 1 aliphatic heterocycles. The van der Waals surface area contributed by atoms with E-state index < -0.39 is 18.1 Å². The van der Waals surface area contributed by atoms with Crippen LogP contribution in [0.25, 0.3) is 11.0 Å². The van der Waals surface area contributed by atoms with Crippen LogP contribution in [0.1, 0.15) is 5.69 Å². The van der Waals surface area contributed by atoms with Crippen LogP contribution in [0.15, 0.2) is 22.7 Å². The number of aromatic nitrogens is 1. The summed E-state index contributed by atoms with van der Waals surface area (Å²) in [5.41, 5.74) is 7.06. The molecule has 2 heterocycles. The van der Waals surface area contributed by atoms with Crippen molar-refractivity contribution < 1.29 is 18.8 Å². The smallest absolute Gasteiger partial charge is 0.415 e. The van der Waals surface area contributed by atoms with Gasteiger partial charge < -0.3 is 15.0 Å². The van der Waals surface area contributed by atoms with E-state index in [9.17, 15) is 9.59 Å². The van der Waals surface area contributed by atoms with E-state index in [4.69, 9.17) is 15.0 Å². The van der Waals surface area contributed by atoms with E-state index in [0.29, 0.717) is 11.3 Å². The van der Waals surface area contributed by atoms with Gasteiger partial charge in [-0.1, -0.05) is 5.16 Å². The summed E-state index contributed by atoms with van der Waals surface area (Å²) < 4.78 is 10.0. The molecule has 0 aliphatic carbocycles. The van der Waals surface area contributed by atoms with Crippen molar-refractivity contribution in [3.05, 3.63) is 23.9 Å². The molecule has 2 N–H and O–H groups in total. The maximum Gasteiger partial charge on any atom is 0.415 e. The van der Waals surface area contributed by atoms with Crippen LogP contribution in [0.2, 0.25) is 0 Å². The second-order valence-electron chi connectivity index (χ2n) is 4.33. The lowest BCUT2D eigenvalue weighted by Gasteiger charge is -2.11. The second kappa shape index (κ2) is 3.98. The van der Waals surface area contributed by atoms with Gasteiger partial charge in [-0.2, -0.15) is 0 Å². The molecule has 1 aromatic heterocycles. The van der Waals surface area contributed by atoms with Crippen molar-refractivity contribution >= 4 is 28.7 Å². The summed E-state index contributed by atoms with van der Waals surface area (Å²) in [6, 6.07) is 5.23. The van der Waals surface area contributed by atoms with E-state index in [2.05, 4.69) is 5.16 Å². The molecular weight excluding hydrogens is 250 g/mol. The Morgan fingerprint density at radius 3 is 3.00 bits per heavy atom. The standard InChI is InChI=1S/C12H11N3O4/c1-6-8-3-2-7(4-9(8)19-14-6)15-5-10(11(13)16)18-12(15)17/h2-4,10H,5H2,1H3,(H2,13,16). The highest BCUT2D eigenvalue weighted by Crippen LogP contribution is 2.27. The van der Waals surface area contributed by atoms with Gasteiger partial charge in [-0.05, 0) is 19.1 Å². The average Bonchev–Trinajstić information content (AvgIpc) is 2.93. The van der Waals surface area contributed by atoms with Crippen LogP contribution >= 0.6 is 0 Å². The van der Waals surface area contributed by atoms with Gasteiger partial charge in [0.1, 0.15) is 0 Å². The molecule has 19 heavy (non-hydrogen) atoms. The summed E-state index contributed by atoms with van der Waals surface area (Å²) in [4.78, 5) is 24.1. The molecule has 1 unspecified atom stereocenters. The Balaban J connectivity index is 1.96. The molecule has 1 fully saturated rings. The van der Waals surface area contributed by atoms with Crippen molar-refractivity contribution in [3.8, 4) is 0 Å². The monoisotopic (exact) mass is 261 g/mol. The van der Waals surface area contributed by atoms with Crippen molar-refractivity contribution in [2.75, 3.05) is 11.4 Å². The average molecular weight is 261 g/mol. The van der Waals surface area contributed by atoms with E-state index in [1.165, 1.54) is 4.90 Å².